The van der Waals surface area contributed by atoms with E-state index in [4.69, 9.17) is 20.3 Å². The molecule has 0 amide bonds. The molecule has 0 spiro atoms. The van der Waals surface area contributed by atoms with Crippen LogP contribution in [0.3, 0.4) is 0 Å². The van der Waals surface area contributed by atoms with Crippen LogP contribution in [0.2, 0.25) is 0 Å². The molecule has 0 aliphatic carbocycles. The molecule has 3 aromatic rings. The predicted octanol–water partition coefficient (Wildman–Crippen LogP) is 2.04. The molecule has 8 heteroatoms. The van der Waals surface area contributed by atoms with Gasteiger partial charge in [0.2, 0.25) is 6.79 Å². The molecule has 3 N–H and O–H groups in total. The number of rotatable bonds is 5. The van der Waals surface area contributed by atoms with Crippen LogP contribution in [0.15, 0.2) is 30.7 Å². The third kappa shape index (κ3) is 2.85. The van der Waals surface area contributed by atoms with E-state index in [2.05, 4.69) is 25.6 Å². The number of nitrogens with zero attached hydrogens (tertiary/aromatic N) is 4. The summed E-state index contributed by atoms with van der Waals surface area (Å²) in [6.45, 7) is 3.35. The molecule has 4 heterocycles. The second-order valence-corrected chi connectivity index (χ2v) is 7.30. The van der Waals surface area contributed by atoms with Crippen molar-refractivity contribution >= 4 is 16.9 Å². The molecule has 0 radical (unpaired) electrons. The number of likely N-dealkylation sites (tertiary alicyclic amines) is 1. The zero-order valence-electron chi connectivity index (χ0n) is 15.5. The summed E-state index contributed by atoms with van der Waals surface area (Å²) in [7, 11) is 0. The SMILES string of the molecule is Nc1ncnc2c1c(-c1ccc3c(c1)OCO3)cn2[C@H]1CCN(CCCO)C1. The first-order chi connectivity index (χ1) is 13.7. The van der Waals surface area contributed by atoms with Crippen molar-refractivity contribution in [2.45, 2.75) is 18.9 Å². The number of ether oxygens (including phenoxy) is 2. The van der Waals surface area contributed by atoms with Crippen molar-refractivity contribution in [1.82, 2.24) is 19.4 Å². The third-order valence-electron chi connectivity index (χ3n) is 5.60. The van der Waals surface area contributed by atoms with Crippen molar-refractivity contribution in [1.29, 1.82) is 0 Å². The lowest BCUT2D eigenvalue weighted by atomic mass is 10.1. The molecule has 1 atom stereocenters. The molecule has 1 aromatic carbocycles. The second kappa shape index (κ2) is 6.96. The van der Waals surface area contributed by atoms with Gasteiger partial charge < -0.3 is 29.8 Å². The van der Waals surface area contributed by atoms with Gasteiger partial charge in [-0.05, 0) is 30.5 Å². The molecular formula is C20H23N5O3. The number of nitrogens with two attached hydrogens (primary N) is 1. The van der Waals surface area contributed by atoms with Gasteiger partial charge in [0.25, 0.3) is 0 Å². The minimum atomic E-state index is 0.228. The first-order valence-corrected chi connectivity index (χ1v) is 9.59. The molecule has 5 rings (SSSR count). The lowest BCUT2D eigenvalue weighted by molar-refractivity contribution is 0.174. The summed E-state index contributed by atoms with van der Waals surface area (Å²) >= 11 is 0. The van der Waals surface area contributed by atoms with Gasteiger partial charge in [0.05, 0.1) is 5.39 Å². The Morgan fingerprint density at radius 1 is 1.21 bits per heavy atom. The third-order valence-corrected chi connectivity index (χ3v) is 5.60. The number of anilines is 1. The van der Waals surface area contributed by atoms with Gasteiger partial charge in [0.15, 0.2) is 11.5 Å². The highest BCUT2D eigenvalue weighted by Crippen LogP contribution is 2.40. The Labute approximate surface area is 162 Å². The number of hydrogen-bond donors (Lipinski definition) is 2. The Hall–Kier alpha value is -2.84. The van der Waals surface area contributed by atoms with E-state index in [0.29, 0.717) is 11.9 Å². The summed E-state index contributed by atoms with van der Waals surface area (Å²) in [6, 6.07) is 6.24. The standard InChI is InChI=1S/C20H23N5O3/c21-19-18-15(13-2-3-16-17(8-13)28-12-27-16)10-25(20(18)23-11-22-19)14-4-6-24(9-14)5-1-7-26/h2-3,8,10-11,14,26H,1,4-7,9,12H2,(H2,21,22,23)/t14-/m0/s1. The maximum atomic E-state index is 9.10. The van der Waals surface area contributed by atoms with Crippen LogP contribution in [-0.2, 0) is 0 Å². The average molecular weight is 381 g/mol. The summed E-state index contributed by atoms with van der Waals surface area (Å²) in [5.41, 5.74) is 9.11. The summed E-state index contributed by atoms with van der Waals surface area (Å²) in [4.78, 5) is 11.2. The van der Waals surface area contributed by atoms with E-state index >= 15 is 0 Å². The van der Waals surface area contributed by atoms with Gasteiger partial charge in [-0.2, -0.15) is 0 Å². The van der Waals surface area contributed by atoms with Crippen LogP contribution >= 0.6 is 0 Å². The number of fused-ring (bicyclic) bond motifs is 2. The van der Waals surface area contributed by atoms with Crippen molar-refractivity contribution in [3.63, 3.8) is 0 Å². The van der Waals surface area contributed by atoms with Gasteiger partial charge >= 0.3 is 0 Å². The first kappa shape index (κ1) is 17.3. The van der Waals surface area contributed by atoms with Crippen LogP contribution in [0.5, 0.6) is 11.5 Å². The zero-order valence-corrected chi connectivity index (χ0v) is 15.5. The number of hydrogen-bond acceptors (Lipinski definition) is 7. The number of aliphatic hydroxyl groups excluding tert-OH is 1. The Morgan fingerprint density at radius 2 is 2.11 bits per heavy atom. The van der Waals surface area contributed by atoms with Gasteiger partial charge in [0.1, 0.15) is 17.8 Å². The van der Waals surface area contributed by atoms with E-state index in [9.17, 15) is 0 Å². The van der Waals surface area contributed by atoms with Gasteiger partial charge in [-0.15, -0.1) is 0 Å². The highest BCUT2D eigenvalue weighted by molar-refractivity contribution is 6.01. The molecule has 2 aliphatic heterocycles. The van der Waals surface area contributed by atoms with Crippen molar-refractivity contribution in [2.75, 3.05) is 38.8 Å². The fourth-order valence-electron chi connectivity index (χ4n) is 4.21. The normalized spacial score (nSPS) is 19.0. The molecule has 1 fully saturated rings. The average Bonchev–Trinajstić information content (AvgIpc) is 3.43. The van der Waals surface area contributed by atoms with Crippen molar-refractivity contribution in [2.24, 2.45) is 0 Å². The maximum absolute atomic E-state index is 9.10. The fraction of sp³-hybridized carbons (Fsp3) is 0.400. The van der Waals surface area contributed by atoms with E-state index in [-0.39, 0.29) is 13.4 Å². The zero-order chi connectivity index (χ0) is 19.1. The highest BCUT2D eigenvalue weighted by Gasteiger charge is 2.27. The molecular weight excluding hydrogens is 358 g/mol. The van der Waals surface area contributed by atoms with Crippen LogP contribution < -0.4 is 15.2 Å². The Morgan fingerprint density at radius 3 is 3.00 bits per heavy atom. The maximum Gasteiger partial charge on any atom is 0.231 e. The number of nitrogen functional groups attached to an aromatic ring is 1. The van der Waals surface area contributed by atoms with Gasteiger partial charge in [0, 0.05) is 44.0 Å². The van der Waals surface area contributed by atoms with Crippen LogP contribution in [0.25, 0.3) is 22.2 Å². The van der Waals surface area contributed by atoms with Crippen molar-refractivity contribution in [3.05, 3.63) is 30.7 Å². The smallest absolute Gasteiger partial charge is 0.231 e. The predicted molar refractivity (Wildman–Crippen MR) is 105 cm³/mol. The van der Waals surface area contributed by atoms with Crippen LogP contribution in [0.1, 0.15) is 18.9 Å². The number of aliphatic hydroxyl groups is 1. The Bertz CT molecular complexity index is 1020. The second-order valence-electron chi connectivity index (χ2n) is 7.30. The Kier molecular flexibility index (Phi) is 4.29. The molecule has 0 saturated carbocycles. The van der Waals surface area contributed by atoms with E-state index in [1.54, 1.807) is 0 Å². The molecule has 2 aromatic heterocycles. The first-order valence-electron chi connectivity index (χ1n) is 9.59. The van der Waals surface area contributed by atoms with E-state index < -0.39 is 0 Å². The van der Waals surface area contributed by atoms with E-state index in [1.807, 2.05) is 18.2 Å². The van der Waals surface area contributed by atoms with Crippen molar-refractivity contribution in [3.8, 4) is 22.6 Å². The minimum absolute atomic E-state index is 0.228. The fourth-order valence-corrected chi connectivity index (χ4v) is 4.21. The molecule has 0 unspecified atom stereocenters. The van der Waals surface area contributed by atoms with Crippen LogP contribution in [-0.4, -0.2) is 57.6 Å². The highest BCUT2D eigenvalue weighted by atomic mass is 16.7. The molecule has 146 valence electrons. The topological polar surface area (TPSA) is 98.7 Å². The largest absolute Gasteiger partial charge is 0.454 e. The molecule has 2 aliphatic rings. The minimum Gasteiger partial charge on any atom is -0.454 e. The number of aromatic nitrogens is 3. The van der Waals surface area contributed by atoms with Crippen molar-refractivity contribution < 1.29 is 14.6 Å². The summed E-state index contributed by atoms with van der Waals surface area (Å²) < 4.78 is 13.2. The molecule has 28 heavy (non-hydrogen) atoms. The molecule has 1 saturated heterocycles. The lowest BCUT2D eigenvalue weighted by Gasteiger charge is -2.16. The van der Waals surface area contributed by atoms with E-state index in [1.165, 1.54) is 6.33 Å². The summed E-state index contributed by atoms with van der Waals surface area (Å²) in [6.07, 6.45) is 5.50. The van der Waals surface area contributed by atoms with E-state index in [0.717, 1.165) is 66.1 Å². The number of benzene rings is 1. The molecule has 8 nitrogen and oxygen atoms in total. The lowest BCUT2D eigenvalue weighted by Crippen LogP contribution is -2.23. The van der Waals surface area contributed by atoms with Gasteiger partial charge in [-0.25, -0.2) is 9.97 Å². The van der Waals surface area contributed by atoms with Crippen LogP contribution in [0, 0.1) is 0 Å². The summed E-state index contributed by atoms with van der Waals surface area (Å²) in [5.74, 6) is 1.98. The van der Waals surface area contributed by atoms with Crippen LogP contribution in [0.4, 0.5) is 5.82 Å². The summed E-state index contributed by atoms with van der Waals surface area (Å²) in [5, 5.41) is 9.97. The van der Waals surface area contributed by atoms with Gasteiger partial charge in [-0.3, -0.25) is 0 Å². The quantitative estimate of drug-likeness (QED) is 0.698. The molecule has 0 bridgehead atoms. The monoisotopic (exact) mass is 381 g/mol. The Balaban J connectivity index is 1.56. The van der Waals surface area contributed by atoms with Gasteiger partial charge in [-0.1, -0.05) is 6.07 Å².